The van der Waals surface area contributed by atoms with E-state index >= 15 is 0 Å². The zero-order valence-electron chi connectivity index (χ0n) is 19.8. The quantitative estimate of drug-likeness (QED) is 0.195. The molecular formula is C24H28N4O6S. The number of hydrogen-bond donors (Lipinski definition) is 2. The van der Waals surface area contributed by atoms with Gasteiger partial charge in [0.15, 0.2) is 6.04 Å². The number of carbonyl (C=O) groups is 2. The van der Waals surface area contributed by atoms with E-state index in [-0.39, 0.29) is 12.4 Å². The summed E-state index contributed by atoms with van der Waals surface area (Å²) < 4.78 is 12.9. The summed E-state index contributed by atoms with van der Waals surface area (Å²) in [5, 5.41) is 12.2. The first-order valence-corrected chi connectivity index (χ1v) is 11.8. The molecule has 0 saturated heterocycles. The number of carbonyl (C=O) groups excluding carboxylic acids is 1. The third-order valence-electron chi connectivity index (χ3n) is 5.35. The lowest BCUT2D eigenvalue weighted by molar-refractivity contribution is -0.143. The highest BCUT2D eigenvalue weighted by Gasteiger charge is 2.36. The minimum Gasteiger partial charge on any atom is -0.464 e. The number of esters is 1. The Balaban J connectivity index is 2.01. The molecule has 2 N–H and O–H groups in total. The van der Waals surface area contributed by atoms with Crippen molar-refractivity contribution >= 4 is 41.3 Å². The molecule has 0 radical (unpaired) electrons. The molecule has 1 aliphatic heterocycles. The second-order valence-corrected chi connectivity index (χ2v) is 9.90. The van der Waals surface area contributed by atoms with Crippen LogP contribution in [0.3, 0.4) is 0 Å². The predicted molar refractivity (Wildman–Crippen MR) is 136 cm³/mol. The van der Waals surface area contributed by atoms with E-state index in [2.05, 4.69) is 14.9 Å². The van der Waals surface area contributed by atoms with Gasteiger partial charge in [0.1, 0.15) is 11.6 Å². The van der Waals surface area contributed by atoms with Crippen LogP contribution in [-0.2, 0) is 9.53 Å². The van der Waals surface area contributed by atoms with Crippen LogP contribution in [-0.4, -0.2) is 53.6 Å². The number of para-hydroxylation sites is 1. The summed E-state index contributed by atoms with van der Waals surface area (Å²) >= 11 is 0.897. The summed E-state index contributed by atoms with van der Waals surface area (Å²) in [5.41, 5.74) is 2.14. The monoisotopic (exact) mass is 500 g/mol. The normalized spacial score (nSPS) is 13.9. The molecule has 11 heteroatoms. The molecule has 1 atom stereocenters. The van der Waals surface area contributed by atoms with Crippen LogP contribution in [0.1, 0.15) is 25.8 Å². The lowest BCUT2D eigenvalue weighted by atomic mass is 10.1. The van der Waals surface area contributed by atoms with E-state index in [4.69, 9.17) is 14.6 Å². The molecule has 2 aromatic carbocycles. The maximum absolute atomic E-state index is 13.5. The number of aliphatic imine (C=N–C) groups is 1. The van der Waals surface area contributed by atoms with E-state index in [1.165, 1.54) is 6.07 Å². The van der Waals surface area contributed by atoms with Crippen molar-refractivity contribution in [1.82, 2.24) is 5.32 Å². The second kappa shape index (κ2) is 11.7. The summed E-state index contributed by atoms with van der Waals surface area (Å²) in [6.07, 6.45) is -1.01. The van der Waals surface area contributed by atoms with E-state index < -0.39 is 22.9 Å². The lowest BCUT2D eigenvalue weighted by Crippen LogP contribution is -2.50. The fourth-order valence-corrected chi connectivity index (χ4v) is 4.00. The fraction of sp³-hybridized carbons (Fsp3) is 0.375. The number of nitrogens with one attached hydrogen (secondary N) is 1. The Labute approximate surface area is 207 Å². The Morgan fingerprint density at radius 2 is 2.03 bits per heavy atom. The van der Waals surface area contributed by atoms with E-state index in [1.807, 2.05) is 45.0 Å². The number of hydrogen-bond acceptors (Lipinski definition) is 10. The Bertz CT molecular complexity index is 1110. The van der Waals surface area contributed by atoms with Gasteiger partial charge in [-0.05, 0) is 51.0 Å². The van der Waals surface area contributed by atoms with E-state index in [0.717, 1.165) is 23.2 Å². The zero-order chi connectivity index (χ0) is 25.4. The number of carboxylic acid groups (broad SMARTS) is 1. The summed E-state index contributed by atoms with van der Waals surface area (Å²) in [7, 11) is 0. The van der Waals surface area contributed by atoms with Crippen molar-refractivity contribution in [2.75, 3.05) is 24.6 Å². The average Bonchev–Trinajstić information content (AvgIpc) is 3.32. The Morgan fingerprint density at radius 3 is 2.69 bits per heavy atom. The molecule has 0 amide bonds. The molecule has 10 nitrogen and oxygen atoms in total. The van der Waals surface area contributed by atoms with Crippen LogP contribution >= 0.6 is 11.9 Å². The van der Waals surface area contributed by atoms with Gasteiger partial charge in [0, 0.05) is 45.3 Å². The van der Waals surface area contributed by atoms with Gasteiger partial charge in [-0.25, -0.2) is 9.59 Å². The molecule has 0 bridgehead atoms. The number of rotatable bonds is 11. The topological polar surface area (TPSA) is 130 Å². The molecule has 0 aliphatic carbocycles. The van der Waals surface area contributed by atoms with E-state index in [0.29, 0.717) is 31.0 Å². The summed E-state index contributed by atoms with van der Waals surface area (Å²) in [5.74, 6) is 0.0268. The number of benzene rings is 2. The molecule has 35 heavy (non-hydrogen) atoms. The molecule has 0 spiro atoms. The molecule has 2 aromatic rings. The van der Waals surface area contributed by atoms with Crippen LogP contribution in [0.15, 0.2) is 58.1 Å². The maximum atomic E-state index is 13.5. The van der Waals surface area contributed by atoms with Crippen molar-refractivity contribution in [2.24, 2.45) is 9.57 Å². The highest BCUT2D eigenvalue weighted by Crippen LogP contribution is 2.34. The Kier molecular flexibility index (Phi) is 8.69. The number of amidine groups is 1. The van der Waals surface area contributed by atoms with Crippen molar-refractivity contribution in [3.8, 4) is 5.75 Å². The predicted octanol–water partition coefficient (Wildman–Crippen LogP) is 4.69. The number of aryl methyl sites for hydroxylation is 1. The van der Waals surface area contributed by atoms with Gasteiger partial charge in [-0.15, -0.1) is 4.91 Å². The second-order valence-electron chi connectivity index (χ2n) is 8.46. The van der Waals surface area contributed by atoms with Crippen LogP contribution in [0.2, 0.25) is 0 Å². The van der Waals surface area contributed by atoms with Crippen LogP contribution in [0.4, 0.5) is 16.2 Å². The third-order valence-corrected chi connectivity index (χ3v) is 6.12. The summed E-state index contributed by atoms with van der Waals surface area (Å²) in [6, 6.07) is 13.0. The van der Waals surface area contributed by atoms with Crippen molar-refractivity contribution in [3.63, 3.8) is 0 Å². The fourth-order valence-electron chi connectivity index (χ4n) is 3.62. The molecule has 186 valence electrons. The SMILES string of the molecule is Cc1ccccc1N(c1cccc(OC(=O)O)c1)C(C(=O)OCCC(C)(C)SN=O)C1=NCCN1. The van der Waals surface area contributed by atoms with Gasteiger partial charge < -0.3 is 24.8 Å². The van der Waals surface area contributed by atoms with Crippen LogP contribution in [0.25, 0.3) is 0 Å². The number of anilines is 2. The number of nitroso groups, excluding NO2 is 1. The molecule has 1 aliphatic rings. The third kappa shape index (κ3) is 6.95. The maximum Gasteiger partial charge on any atom is 0.511 e. The largest absolute Gasteiger partial charge is 0.511 e. The van der Waals surface area contributed by atoms with E-state index in [9.17, 15) is 14.5 Å². The highest BCUT2D eigenvalue weighted by molar-refractivity contribution is 7.99. The molecule has 0 fully saturated rings. The zero-order valence-corrected chi connectivity index (χ0v) is 20.6. The first-order chi connectivity index (χ1) is 16.7. The number of ether oxygens (including phenoxy) is 2. The number of nitrogens with zero attached hydrogens (tertiary/aromatic N) is 3. The molecule has 0 aromatic heterocycles. The van der Waals surface area contributed by atoms with Gasteiger partial charge in [0.2, 0.25) is 0 Å². The van der Waals surface area contributed by atoms with Gasteiger partial charge >= 0.3 is 12.1 Å². The standard InChI is InChI=1S/C24H28N4O6S/c1-16-7-4-5-10-19(16)28(17-8-6-9-18(15-17)34-23(30)31)20(21-25-12-13-26-21)22(29)33-14-11-24(2,3)35-27-32/h4-10,15,20H,11-14H2,1-3H3,(H,25,26)(H,30,31). The minimum absolute atomic E-state index is 0.0852. The molecule has 1 heterocycles. The molecule has 0 saturated carbocycles. The molecular weight excluding hydrogens is 472 g/mol. The van der Waals surface area contributed by atoms with Crippen molar-refractivity contribution in [1.29, 1.82) is 0 Å². The first-order valence-electron chi connectivity index (χ1n) is 11.0. The minimum atomic E-state index is -1.44. The lowest BCUT2D eigenvalue weighted by Gasteiger charge is -2.33. The highest BCUT2D eigenvalue weighted by atomic mass is 32.2. The van der Waals surface area contributed by atoms with Crippen molar-refractivity contribution < 1.29 is 24.2 Å². The van der Waals surface area contributed by atoms with Gasteiger partial charge in [-0.2, -0.15) is 0 Å². The van der Waals surface area contributed by atoms with Gasteiger partial charge in [-0.3, -0.25) is 4.99 Å². The molecule has 3 rings (SSSR count). The Morgan fingerprint density at radius 1 is 1.26 bits per heavy atom. The van der Waals surface area contributed by atoms with Gasteiger partial charge in [-0.1, -0.05) is 24.3 Å². The Hall–Kier alpha value is -3.60. The summed E-state index contributed by atoms with van der Waals surface area (Å²) in [4.78, 5) is 41.5. The van der Waals surface area contributed by atoms with Crippen LogP contribution < -0.4 is 15.0 Å². The van der Waals surface area contributed by atoms with E-state index in [1.54, 1.807) is 23.1 Å². The van der Waals surface area contributed by atoms with Crippen molar-refractivity contribution in [2.45, 2.75) is 38.0 Å². The summed E-state index contributed by atoms with van der Waals surface area (Å²) in [6.45, 7) is 6.79. The van der Waals surface area contributed by atoms with Crippen molar-refractivity contribution in [3.05, 3.63) is 59.0 Å². The van der Waals surface area contributed by atoms with Gasteiger partial charge in [0.25, 0.3) is 0 Å². The average molecular weight is 501 g/mol. The van der Waals surface area contributed by atoms with Crippen LogP contribution in [0.5, 0.6) is 5.75 Å². The molecule has 1 unspecified atom stereocenters. The van der Waals surface area contributed by atoms with Gasteiger partial charge in [0.05, 0.1) is 13.2 Å². The first kappa shape index (κ1) is 26.0. The van der Waals surface area contributed by atoms with Crippen LogP contribution in [0, 0.1) is 11.8 Å². The smallest absolute Gasteiger partial charge is 0.464 e.